The van der Waals surface area contributed by atoms with E-state index in [2.05, 4.69) is 19.1 Å². The van der Waals surface area contributed by atoms with E-state index < -0.39 is 11.6 Å². The highest BCUT2D eigenvalue weighted by Gasteiger charge is 2.30. The minimum atomic E-state index is -0.874. The first kappa shape index (κ1) is 24.0. The molecule has 2 aliphatic carbocycles. The van der Waals surface area contributed by atoms with E-state index in [-0.39, 0.29) is 5.75 Å². The molecule has 0 spiro atoms. The molecule has 0 unspecified atom stereocenters. The standard InChI is InChI=1S/C28H40F2O/c1-3-5-6-7-21-8-13-23(14-9-21)24-15-10-22(11-16-24)12-17-25-18-19-26(31-20-4-2)28(30)27(25)29/h3-5,18-24H,6-17H2,1-2H3. The Bertz CT molecular complexity index is 723. The van der Waals surface area contributed by atoms with E-state index >= 15 is 0 Å². The van der Waals surface area contributed by atoms with Crippen LogP contribution in [0.3, 0.4) is 0 Å². The average Bonchev–Trinajstić information content (AvgIpc) is 2.80. The Labute approximate surface area is 188 Å². The molecule has 0 atom stereocenters. The first-order valence-corrected chi connectivity index (χ1v) is 12.5. The summed E-state index contributed by atoms with van der Waals surface area (Å²) in [5.41, 5.74) is 0.476. The molecule has 0 bridgehead atoms. The molecule has 0 aliphatic heterocycles. The second kappa shape index (κ2) is 12.4. The summed E-state index contributed by atoms with van der Waals surface area (Å²) in [5, 5.41) is 0. The van der Waals surface area contributed by atoms with E-state index in [1.54, 1.807) is 25.1 Å². The van der Waals surface area contributed by atoms with Crippen molar-refractivity contribution in [2.45, 2.75) is 90.9 Å². The normalized spacial score (nSPS) is 27.2. The van der Waals surface area contributed by atoms with Crippen molar-refractivity contribution >= 4 is 0 Å². The number of hydrogen-bond acceptors (Lipinski definition) is 1. The highest BCUT2D eigenvalue weighted by molar-refractivity contribution is 5.31. The maximum absolute atomic E-state index is 14.4. The van der Waals surface area contributed by atoms with Crippen LogP contribution in [-0.4, -0.2) is 0 Å². The van der Waals surface area contributed by atoms with Gasteiger partial charge in [-0.15, -0.1) is 0 Å². The lowest BCUT2D eigenvalue weighted by atomic mass is 9.68. The quantitative estimate of drug-likeness (QED) is 0.281. The average molecular weight is 431 g/mol. The zero-order valence-corrected chi connectivity index (χ0v) is 19.4. The van der Waals surface area contributed by atoms with E-state index in [0.717, 1.165) is 24.2 Å². The van der Waals surface area contributed by atoms with Gasteiger partial charge in [-0.2, -0.15) is 4.39 Å². The smallest absolute Gasteiger partial charge is 0.201 e. The molecule has 2 aliphatic rings. The molecule has 172 valence electrons. The van der Waals surface area contributed by atoms with Gasteiger partial charge in [0.25, 0.3) is 0 Å². The van der Waals surface area contributed by atoms with Gasteiger partial charge in [0.1, 0.15) is 0 Å². The number of rotatable bonds is 9. The number of halogens is 2. The van der Waals surface area contributed by atoms with Gasteiger partial charge in [-0.25, -0.2) is 4.39 Å². The molecule has 3 rings (SSSR count). The van der Waals surface area contributed by atoms with Crippen molar-refractivity contribution < 1.29 is 13.5 Å². The summed E-state index contributed by atoms with van der Waals surface area (Å²) >= 11 is 0. The summed E-state index contributed by atoms with van der Waals surface area (Å²) < 4.78 is 33.7. The molecule has 1 nitrogen and oxygen atoms in total. The Hall–Kier alpha value is -1.64. The third kappa shape index (κ3) is 6.92. The van der Waals surface area contributed by atoms with Gasteiger partial charge in [-0.05, 0) is 101 Å². The summed E-state index contributed by atoms with van der Waals surface area (Å²) in [4.78, 5) is 0. The first-order chi connectivity index (χ1) is 15.1. The SMILES string of the molecule is CC=CCCC1CCC(C2CCC(CCc3ccc(OC=CC)c(F)c3F)CC2)CC1. The number of aryl methyl sites for hydroxylation is 1. The van der Waals surface area contributed by atoms with E-state index in [1.165, 1.54) is 70.5 Å². The van der Waals surface area contributed by atoms with Gasteiger partial charge in [0.2, 0.25) is 5.82 Å². The lowest BCUT2D eigenvalue weighted by Crippen LogP contribution is -2.26. The highest BCUT2D eigenvalue weighted by Crippen LogP contribution is 2.43. The first-order valence-electron chi connectivity index (χ1n) is 12.5. The maximum atomic E-state index is 14.4. The topological polar surface area (TPSA) is 9.23 Å². The third-order valence-corrected chi connectivity index (χ3v) is 7.71. The van der Waals surface area contributed by atoms with Crippen LogP contribution in [0, 0.1) is 35.3 Å². The minimum Gasteiger partial charge on any atom is -0.462 e. The predicted octanol–water partition coefficient (Wildman–Crippen LogP) is 8.78. The molecule has 0 saturated heterocycles. The van der Waals surface area contributed by atoms with Crippen molar-refractivity contribution in [3.8, 4) is 5.75 Å². The Balaban J connectivity index is 1.39. The number of benzene rings is 1. The fourth-order valence-electron chi connectivity index (χ4n) is 5.75. The molecule has 1 aromatic rings. The summed E-state index contributed by atoms with van der Waals surface area (Å²) in [6.07, 6.45) is 22.5. The summed E-state index contributed by atoms with van der Waals surface area (Å²) in [5.74, 6) is 1.74. The largest absolute Gasteiger partial charge is 0.462 e. The van der Waals surface area contributed by atoms with Gasteiger partial charge >= 0.3 is 0 Å². The van der Waals surface area contributed by atoms with Crippen molar-refractivity contribution in [2.24, 2.45) is 23.7 Å². The molecule has 0 aromatic heterocycles. The second-order valence-corrected chi connectivity index (χ2v) is 9.68. The molecule has 3 heteroatoms. The molecule has 2 fully saturated rings. The molecular weight excluding hydrogens is 390 g/mol. The molecule has 0 radical (unpaired) electrons. The Morgan fingerprint density at radius 3 is 2.00 bits per heavy atom. The van der Waals surface area contributed by atoms with Crippen LogP contribution in [0.2, 0.25) is 0 Å². The molecule has 2 saturated carbocycles. The Morgan fingerprint density at radius 2 is 1.42 bits per heavy atom. The van der Waals surface area contributed by atoms with Gasteiger partial charge in [0.05, 0.1) is 6.26 Å². The summed E-state index contributed by atoms with van der Waals surface area (Å²) in [6.45, 7) is 3.88. The molecule has 0 amide bonds. The molecule has 1 aromatic carbocycles. The van der Waals surface area contributed by atoms with E-state index in [0.29, 0.717) is 17.9 Å². The van der Waals surface area contributed by atoms with Crippen molar-refractivity contribution in [1.82, 2.24) is 0 Å². The maximum Gasteiger partial charge on any atom is 0.201 e. The van der Waals surface area contributed by atoms with Crippen molar-refractivity contribution in [3.63, 3.8) is 0 Å². The Morgan fingerprint density at radius 1 is 0.806 bits per heavy atom. The van der Waals surface area contributed by atoms with E-state index in [4.69, 9.17) is 4.74 Å². The van der Waals surface area contributed by atoms with Gasteiger partial charge in [0, 0.05) is 0 Å². The van der Waals surface area contributed by atoms with Crippen molar-refractivity contribution in [3.05, 3.63) is 53.8 Å². The minimum absolute atomic E-state index is 0.0450. The van der Waals surface area contributed by atoms with Crippen LogP contribution in [-0.2, 0) is 6.42 Å². The van der Waals surface area contributed by atoms with Gasteiger partial charge in [0.15, 0.2) is 11.6 Å². The number of ether oxygens (including phenoxy) is 1. The van der Waals surface area contributed by atoms with Crippen LogP contribution in [0.5, 0.6) is 5.75 Å². The lowest BCUT2D eigenvalue weighted by Gasteiger charge is -2.38. The molecule has 0 N–H and O–H groups in total. The number of hydrogen-bond donors (Lipinski definition) is 0. The zero-order chi connectivity index (χ0) is 22.1. The fourth-order valence-corrected chi connectivity index (χ4v) is 5.75. The summed E-state index contributed by atoms with van der Waals surface area (Å²) in [7, 11) is 0. The van der Waals surface area contributed by atoms with Crippen LogP contribution in [0.1, 0.15) is 90.0 Å². The lowest BCUT2D eigenvalue weighted by molar-refractivity contribution is 0.141. The second-order valence-electron chi connectivity index (χ2n) is 9.68. The van der Waals surface area contributed by atoms with Gasteiger partial charge in [-0.3, -0.25) is 0 Å². The van der Waals surface area contributed by atoms with Crippen molar-refractivity contribution in [2.75, 3.05) is 0 Å². The number of allylic oxidation sites excluding steroid dienone is 3. The van der Waals surface area contributed by atoms with E-state index in [9.17, 15) is 8.78 Å². The fraction of sp³-hybridized carbons (Fsp3) is 0.643. The zero-order valence-electron chi connectivity index (χ0n) is 19.4. The monoisotopic (exact) mass is 430 g/mol. The van der Waals surface area contributed by atoms with Crippen LogP contribution < -0.4 is 4.74 Å². The predicted molar refractivity (Wildman–Crippen MR) is 125 cm³/mol. The molecule has 31 heavy (non-hydrogen) atoms. The van der Waals surface area contributed by atoms with Gasteiger partial charge in [-0.1, -0.05) is 50.0 Å². The van der Waals surface area contributed by atoms with Crippen LogP contribution >= 0.6 is 0 Å². The van der Waals surface area contributed by atoms with E-state index in [1.807, 2.05) is 0 Å². The molecule has 0 heterocycles. The summed E-state index contributed by atoms with van der Waals surface area (Å²) in [6, 6.07) is 3.22. The highest BCUT2D eigenvalue weighted by atomic mass is 19.2. The van der Waals surface area contributed by atoms with Crippen LogP contribution in [0.4, 0.5) is 8.78 Å². The van der Waals surface area contributed by atoms with Crippen LogP contribution in [0.25, 0.3) is 0 Å². The van der Waals surface area contributed by atoms with Crippen LogP contribution in [0.15, 0.2) is 36.6 Å². The van der Waals surface area contributed by atoms with Gasteiger partial charge < -0.3 is 4.74 Å². The molecular formula is C28H40F2O. The third-order valence-electron chi connectivity index (χ3n) is 7.71. The van der Waals surface area contributed by atoms with Crippen molar-refractivity contribution in [1.29, 1.82) is 0 Å². The Kier molecular flexibility index (Phi) is 9.61.